The lowest BCUT2D eigenvalue weighted by Gasteiger charge is -2.52. The van der Waals surface area contributed by atoms with Crippen LogP contribution < -0.4 is 0 Å². The molecule has 0 amide bonds. The summed E-state index contributed by atoms with van der Waals surface area (Å²) in [6.45, 7) is 9.80. The Hall–Kier alpha value is -0.753. The second-order valence-electron chi connectivity index (χ2n) is 6.82. The summed E-state index contributed by atoms with van der Waals surface area (Å²) in [6.07, 6.45) is 1.87. The first-order valence-electron chi connectivity index (χ1n) is 7.82. The predicted octanol–water partition coefficient (Wildman–Crippen LogP) is 4.49. The van der Waals surface area contributed by atoms with Gasteiger partial charge in [-0.25, -0.2) is 0 Å². The molecule has 0 saturated carbocycles. The average Bonchev–Trinajstić information content (AvgIpc) is 2.41. The Morgan fingerprint density at radius 3 is 2.50 bits per heavy atom. The summed E-state index contributed by atoms with van der Waals surface area (Å²) in [7, 11) is -1.67. The van der Waals surface area contributed by atoms with Crippen LogP contribution in [0.4, 0.5) is 0 Å². The highest BCUT2D eigenvalue weighted by Gasteiger charge is 2.51. The van der Waals surface area contributed by atoms with E-state index >= 15 is 0 Å². The second-order valence-corrected chi connectivity index (χ2v) is 11.8. The van der Waals surface area contributed by atoms with Gasteiger partial charge in [0.15, 0.2) is 13.4 Å². The van der Waals surface area contributed by atoms with Gasteiger partial charge in [0.1, 0.15) is 11.7 Å². The van der Waals surface area contributed by atoms with Crippen molar-refractivity contribution < 1.29 is 13.9 Å². The van der Waals surface area contributed by atoms with Crippen LogP contribution >= 0.6 is 12.2 Å². The highest BCUT2D eigenvalue weighted by Crippen LogP contribution is 2.46. The molecule has 1 aromatic carbocycles. The molecule has 3 nitrogen and oxygen atoms in total. The molecule has 1 fully saturated rings. The van der Waals surface area contributed by atoms with E-state index in [0.29, 0.717) is 18.3 Å². The molecule has 0 unspecified atom stereocenters. The van der Waals surface area contributed by atoms with Gasteiger partial charge in [-0.05, 0) is 50.3 Å². The maximum Gasteiger partial charge on any atom is 0.184 e. The highest BCUT2D eigenvalue weighted by atomic mass is 32.1. The third-order valence-corrected chi connectivity index (χ3v) is 4.77. The number of thiocarbonyl (C=S) groups is 1. The number of benzene rings is 1. The van der Waals surface area contributed by atoms with Crippen molar-refractivity contribution in [3.05, 3.63) is 35.9 Å². The van der Waals surface area contributed by atoms with Crippen molar-refractivity contribution in [3.63, 3.8) is 0 Å². The van der Waals surface area contributed by atoms with E-state index in [2.05, 4.69) is 43.9 Å². The molecule has 5 heteroatoms. The van der Waals surface area contributed by atoms with Crippen molar-refractivity contribution in [2.24, 2.45) is 0 Å². The van der Waals surface area contributed by atoms with Crippen LogP contribution in [0.1, 0.15) is 31.4 Å². The Kier molecular flexibility index (Phi) is 5.77. The second kappa shape index (κ2) is 7.21. The lowest BCUT2D eigenvalue weighted by molar-refractivity contribution is -0.235. The van der Waals surface area contributed by atoms with E-state index < -0.39 is 8.32 Å². The Balaban J connectivity index is 2.07. The third kappa shape index (κ3) is 4.62. The van der Waals surface area contributed by atoms with E-state index in [4.69, 9.17) is 26.1 Å². The SMILES string of the molecule is CC(=S)OCCC[C@]1(O[Si](C)(C)C)CO[C@H]1c1ccccc1. The zero-order valence-corrected chi connectivity index (χ0v) is 15.7. The Morgan fingerprint density at radius 1 is 1.32 bits per heavy atom. The maximum atomic E-state index is 6.56. The fraction of sp³-hybridized carbons (Fsp3) is 0.588. The van der Waals surface area contributed by atoms with Crippen molar-refractivity contribution in [1.29, 1.82) is 0 Å². The van der Waals surface area contributed by atoms with Crippen molar-refractivity contribution in [1.82, 2.24) is 0 Å². The average molecular weight is 339 g/mol. The van der Waals surface area contributed by atoms with Crippen molar-refractivity contribution in [2.75, 3.05) is 13.2 Å². The molecule has 0 bridgehead atoms. The van der Waals surface area contributed by atoms with Crippen molar-refractivity contribution in [2.45, 2.75) is 51.1 Å². The fourth-order valence-electron chi connectivity index (χ4n) is 2.91. The smallest absolute Gasteiger partial charge is 0.184 e. The zero-order valence-electron chi connectivity index (χ0n) is 13.9. The van der Waals surface area contributed by atoms with Gasteiger partial charge < -0.3 is 13.9 Å². The maximum absolute atomic E-state index is 6.56. The molecular weight excluding hydrogens is 312 g/mol. The molecule has 22 heavy (non-hydrogen) atoms. The zero-order chi connectivity index (χ0) is 16.2. The minimum Gasteiger partial charge on any atom is -0.487 e. The van der Waals surface area contributed by atoms with Gasteiger partial charge in [-0.15, -0.1) is 0 Å². The van der Waals surface area contributed by atoms with Gasteiger partial charge in [-0.3, -0.25) is 0 Å². The van der Waals surface area contributed by atoms with Crippen LogP contribution in [-0.2, 0) is 13.9 Å². The third-order valence-electron chi connectivity index (χ3n) is 3.63. The number of ether oxygens (including phenoxy) is 2. The molecule has 2 rings (SSSR count). The van der Waals surface area contributed by atoms with Crippen LogP contribution in [0.25, 0.3) is 0 Å². The molecule has 122 valence electrons. The molecule has 0 radical (unpaired) electrons. The van der Waals surface area contributed by atoms with E-state index in [1.807, 2.05) is 13.0 Å². The Bertz CT molecular complexity index is 500. The first kappa shape index (κ1) is 17.6. The number of rotatable bonds is 7. The van der Waals surface area contributed by atoms with Crippen LogP contribution in [0, 0.1) is 0 Å². The molecule has 1 heterocycles. The van der Waals surface area contributed by atoms with E-state index in [1.165, 1.54) is 5.56 Å². The molecule has 0 N–H and O–H groups in total. The lowest BCUT2D eigenvalue weighted by atomic mass is 9.83. The predicted molar refractivity (Wildman–Crippen MR) is 95.8 cm³/mol. The quantitative estimate of drug-likeness (QED) is 0.416. The van der Waals surface area contributed by atoms with Gasteiger partial charge in [-0.2, -0.15) is 0 Å². The van der Waals surface area contributed by atoms with Gasteiger partial charge in [-0.1, -0.05) is 30.3 Å². The summed E-state index contributed by atoms with van der Waals surface area (Å²) in [6, 6.07) is 10.4. The molecule has 0 spiro atoms. The molecule has 0 aromatic heterocycles. The highest BCUT2D eigenvalue weighted by molar-refractivity contribution is 7.80. The minimum atomic E-state index is -1.67. The molecular formula is C17H26O3SSi. The molecule has 1 saturated heterocycles. The van der Waals surface area contributed by atoms with Gasteiger partial charge in [0.2, 0.25) is 0 Å². The minimum absolute atomic E-state index is 0.0222. The van der Waals surface area contributed by atoms with Gasteiger partial charge >= 0.3 is 0 Å². The van der Waals surface area contributed by atoms with E-state index in [0.717, 1.165) is 12.8 Å². The van der Waals surface area contributed by atoms with Gasteiger partial charge in [0.25, 0.3) is 0 Å². The number of hydrogen-bond acceptors (Lipinski definition) is 4. The normalized spacial score (nSPS) is 24.6. The molecule has 1 aliphatic rings. The lowest BCUT2D eigenvalue weighted by Crippen LogP contribution is -2.58. The standard InChI is InChI=1S/C17H26O3SSi/c1-14(21)18-12-8-11-17(20-22(2,3)4)13-19-16(17)15-9-6-5-7-10-15/h5-7,9-10,16H,8,11-13H2,1-4H3/t16-,17-/m0/s1. The van der Waals surface area contributed by atoms with E-state index in [9.17, 15) is 0 Å². The molecule has 2 atom stereocenters. The summed E-state index contributed by atoms with van der Waals surface area (Å²) in [4.78, 5) is 0. The Morgan fingerprint density at radius 2 is 2.00 bits per heavy atom. The van der Waals surface area contributed by atoms with Crippen molar-refractivity contribution >= 4 is 25.6 Å². The summed E-state index contributed by atoms with van der Waals surface area (Å²) < 4.78 is 17.9. The Labute approximate surface area is 140 Å². The van der Waals surface area contributed by atoms with Gasteiger partial charge in [0.05, 0.1) is 13.2 Å². The largest absolute Gasteiger partial charge is 0.487 e. The molecule has 1 aromatic rings. The molecule has 0 aliphatic carbocycles. The monoisotopic (exact) mass is 338 g/mol. The van der Waals surface area contributed by atoms with Crippen molar-refractivity contribution in [3.8, 4) is 0 Å². The number of hydrogen-bond donors (Lipinski definition) is 0. The topological polar surface area (TPSA) is 27.7 Å². The summed E-state index contributed by atoms with van der Waals surface area (Å²) in [5.74, 6) is 0. The fourth-order valence-corrected chi connectivity index (χ4v) is 4.49. The first-order valence-corrected chi connectivity index (χ1v) is 11.6. The summed E-state index contributed by atoms with van der Waals surface area (Å²) >= 11 is 4.96. The summed E-state index contributed by atoms with van der Waals surface area (Å²) in [5, 5.41) is 0.602. The van der Waals surface area contributed by atoms with Crippen LogP contribution in [0.15, 0.2) is 30.3 Å². The van der Waals surface area contributed by atoms with Gasteiger partial charge in [0, 0.05) is 6.92 Å². The van der Waals surface area contributed by atoms with Crippen LogP contribution in [0.2, 0.25) is 19.6 Å². The van der Waals surface area contributed by atoms with Crippen LogP contribution in [0.5, 0.6) is 0 Å². The summed E-state index contributed by atoms with van der Waals surface area (Å²) in [5.41, 5.74) is 0.976. The van der Waals surface area contributed by atoms with E-state index in [-0.39, 0.29) is 11.7 Å². The first-order chi connectivity index (χ1) is 10.3. The van der Waals surface area contributed by atoms with E-state index in [1.54, 1.807) is 0 Å². The van der Waals surface area contributed by atoms with Crippen LogP contribution in [-0.4, -0.2) is 32.2 Å². The molecule has 1 aliphatic heterocycles. The van der Waals surface area contributed by atoms with Crippen LogP contribution in [0.3, 0.4) is 0 Å².